The number of nitrogens with zero attached hydrogens (tertiary/aromatic N) is 6. The Bertz CT molecular complexity index is 957. The number of allylic oxidation sites excluding steroid dienone is 2. The molecule has 1 aliphatic rings. The van der Waals surface area contributed by atoms with Gasteiger partial charge in [-0.1, -0.05) is 45.2 Å². The second-order valence-electron chi connectivity index (χ2n) is 7.16. The number of aliphatic hydroxyl groups is 1. The summed E-state index contributed by atoms with van der Waals surface area (Å²) in [6.07, 6.45) is 6.07. The number of fused-ring (bicyclic) bond motifs is 1. The summed E-state index contributed by atoms with van der Waals surface area (Å²) < 4.78 is 1.80. The Kier molecular flexibility index (Phi) is 11.6. The lowest BCUT2D eigenvalue weighted by molar-refractivity contribution is 0.188. The summed E-state index contributed by atoms with van der Waals surface area (Å²) in [5, 5.41) is 20.0. The zero-order valence-electron chi connectivity index (χ0n) is 20.1. The fraction of sp³-hybridized carbons (Fsp3) is 0.458. The van der Waals surface area contributed by atoms with Crippen LogP contribution in [0.15, 0.2) is 49.0 Å². The van der Waals surface area contributed by atoms with Crippen LogP contribution in [0.3, 0.4) is 0 Å². The van der Waals surface area contributed by atoms with E-state index in [0.717, 1.165) is 68.5 Å². The predicted molar refractivity (Wildman–Crippen MR) is 140 cm³/mol. The molecule has 0 aliphatic carbocycles. The van der Waals surface area contributed by atoms with Gasteiger partial charge < -0.3 is 15.3 Å². The SMILES string of the molecule is C=CC=C.CC.Cn1ncc2c(NCCc3cccs3)nc(N3CCN(CCO)CC3)nc21. The molecule has 0 aromatic carbocycles. The summed E-state index contributed by atoms with van der Waals surface area (Å²) in [6, 6.07) is 4.24. The minimum Gasteiger partial charge on any atom is -0.395 e. The van der Waals surface area contributed by atoms with E-state index in [4.69, 9.17) is 15.1 Å². The van der Waals surface area contributed by atoms with E-state index in [2.05, 4.69) is 50.9 Å². The van der Waals surface area contributed by atoms with Crippen LogP contribution in [0.5, 0.6) is 0 Å². The number of anilines is 2. The molecule has 1 saturated heterocycles. The predicted octanol–water partition coefficient (Wildman–Crippen LogP) is 3.58. The first-order valence-electron chi connectivity index (χ1n) is 11.4. The number of thiophene rings is 1. The summed E-state index contributed by atoms with van der Waals surface area (Å²) >= 11 is 1.78. The molecule has 0 amide bonds. The van der Waals surface area contributed by atoms with Gasteiger partial charge in [-0.2, -0.15) is 15.1 Å². The summed E-state index contributed by atoms with van der Waals surface area (Å²) in [5.41, 5.74) is 0.844. The van der Waals surface area contributed by atoms with Crippen molar-refractivity contribution in [1.82, 2.24) is 24.6 Å². The lowest BCUT2D eigenvalue weighted by Crippen LogP contribution is -2.47. The van der Waals surface area contributed by atoms with Gasteiger partial charge in [-0.05, 0) is 17.9 Å². The average Bonchev–Trinajstić information content (AvgIpc) is 3.51. The number of nitrogens with one attached hydrogen (secondary N) is 1. The largest absolute Gasteiger partial charge is 0.395 e. The van der Waals surface area contributed by atoms with Crippen LogP contribution < -0.4 is 10.2 Å². The van der Waals surface area contributed by atoms with Crippen LogP contribution in [0, 0.1) is 0 Å². The first-order chi connectivity index (χ1) is 16.2. The van der Waals surface area contributed by atoms with E-state index >= 15 is 0 Å². The molecule has 0 radical (unpaired) electrons. The number of aliphatic hydroxyl groups excluding tert-OH is 1. The van der Waals surface area contributed by atoms with Crippen LogP contribution in [-0.2, 0) is 13.5 Å². The normalized spacial score (nSPS) is 13.5. The smallest absolute Gasteiger partial charge is 0.229 e. The minimum absolute atomic E-state index is 0.204. The summed E-state index contributed by atoms with van der Waals surface area (Å²) in [6.45, 7) is 16.0. The average molecular weight is 472 g/mol. The highest BCUT2D eigenvalue weighted by Gasteiger charge is 2.21. The number of hydrogen-bond acceptors (Lipinski definition) is 8. The van der Waals surface area contributed by atoms with Gasteiger partial charge in [0.2, 0.25) is 5.95 Å². The molecular formula is C24H37N7OS. The van der Waals surface area contributed by atoms with Crippen molar-refractivity contribution in [2.75, 3.05) is 56.1 Å². The van der Waals surface area contributed by atoms with E-state index in [0.29, 0.717) is 0 Å². The molecule has 4 rings (SSSR count). The Morgan fingerprint density at radius 1 is 1.15 bits per heavy atom. The number of piperazine rings is 1. The Morgan fingerprint density at radius 3 is 2.48 bits per heavy atom. The quantitative estimate of drug-likeness (QED) is 0.486. The third-order valence-corrected chi connectivity index (χ3v) is 6.00. The molecular weight excluding hydrogens is 434 g/mol. The molecule has 0 atom stereocenters. The third kappa shape index (κ3) is 7.66. The summed E-state index contributed by atoms with van der Waals surface area (Å²) in [7, 11) is 1.91. The molecule has 2 N–H and O–H groups in total. The van der Waals surface area contributed by atoms with Crippen molar-refractivity contribution in [3.8, 4) is 0 Å². The van der Waals surface area contributed by atoms with Gasteiger partial charge in [0.25, 0.3) is 0 Å². The van der Waals surface area contributed by atoms with Gasteiger partial charge >= 0.3 is 0 Å². The van der Waals surface area contributed by atoms with E-state index in [1.807, 2.05) is 27.1 Å². The van der Waals surface area contributed by atoms with Gasteiger partial charge in [-0.25, -0.2) is 0 Å². The highest BCUT2D eigenvalue weighted by Crippen LogP contribution is 2.24. The first kappa shape index (κ1) is 26.5. The molecule has 4 heterocycles. The summed E-state index contributed by atoms with van der Waals surface area (Å²) in [5.74, 6) is 1.59. The molecule has 9 heteroatoms. The standard InChI is InChI=1S/C18H25N7OS.C4H6.C2H6/c1-23-17-15(13-20-23)16(19-5-4-14-3-2-12-27-14)21-18(22-17)25-8-6-24(7-9-25)10-11-26;1-3-4-2;1-2/h2-3,12-13,26H,4-11H2,1H3,(H,19,21,22);3-4H,1-2H2;1-2H3. The summed E-state index contributed by atoms with van der Waals surface area (Å²) in [4.78, 5) is 15.4. The Balaban J connectivity index is 0.000000582. The topological polar surface area (TPSA) is 82.3 Å². The number of rotatable bonds is 8. The van der Waals surface area contributed by atoms with Crippen molar-refractivity contribution in [2.45, 2.75) is 20.3 Å². The van der Waals surface area contributed by atoms with Crippen molar-refractivity contribution < 1.29 is 5.11 Å². The molecule has 3 aromatic rings. The van der Waals surface area contributed by atoms with Crippen LogP contribution in [0.4, 0.5) is 11.8 Å². The molecule has 0 unspecified atom stereocenters. The van der Waals surface area contributed by atoms with Crippen molar-refractivity contribution >= 4 is 34.1 Å². The van der Waals surface area contributed by atoms with Crippen molar-refractivity contribution in [3.05, 3.63) is 53.9 Å². The highest BCUT2D eigenvalue weighted by molar-refractivity contribution is 7.09. The molecule has 1 aliphatic heterocycles. The zero-order valence-corrected chi connectivity index (χ0v) is 20.9. The monoisotopic (exact) mass is 471 g/mol. The van der Waals surface area contributed by atoms with Crippen LogP contribution >= 0.6 is 11.3 Å². The molecule has 180 valence electrons. The fourth-order valence-electron chi connectivity index (χ4n) is 3.36. The molecule has 3 aromatic heterocycles. The lowest BCUT2D eigenvalue weighted by Gasteiger charge is -2.34. The van der Waals surface area contributed by atoms with E-state index in [-0.39, 0.29) is 6.61 Å². The van der Waals surface area contributed by atoms with Crippen LogP contribution in [0.25, 0.3) is 11.0 Å². The Hall–Kier alpha value is -2.75. The number of hydrogen-bond donors (Lipinski definition) is 2. The van der Waals surface area contributed by atoms with Crippen LogP contribution in [-0.4, -0.2) is 75.6 Å². The maximum atomic E-state index is 9.12. The number of aryl methyl sites for hydroxylation is 1. The Labute approximate surface area is 201 Å². The van der Waals surface area contributed by atoms with E-state index < -0.39 is 0 Å². The van der Waals surface area contributed by atoms with Crippen molar-refractivity contribution in [1.29, 1.82) is 0 Å². The van der Waals surface area contributed by atoms with Crippen LogP contribution in [0.2, 0.25) is 0 Å². The van der Waals surface area contributed by atoms with Gasteiger partial charge in [-0.15, -0.1) is 11.3 Å². The van der Waals surface area contributed by atoms with Gasteiger partial charge in [-0.3, -0.25) is 9.58 Å². The fourth-order valence-corrected chi connectivity index (χ4v) is 4.07. The Morgan fingerprint density at radius 2 is 1.88 bits per heavy atom. The van der Waals surface area contributed by atoms with E-state index in [1.165, 1.54) is 4.88 Å². The number of aromatic nitrogens is 4. The lowest BCUT2D eigenvalue weighted by atomic mass is 10.3. The maximum Gasteiger partial charge on any atom is 0.229 e. The van der Waals surface area contributed by atoms with Gasteiger partial charge in [0.1, 0.15) is 5.82 Å². The minimum atomic E-state index is 0.204. The molecule has 1 fully saturated rings. The van der Waals surface area contributed by atoms with Crippen molar-refractivity contribution in [3.63, 3.8) is 0 Å². The van der Waals surface area contributed by atoms with E-state index in [9.17, 15) is 0 Å². The van der Waals surface area contributed by atoms with Gasteiger partial charge in [0, 0.05) is 51.2 Å². The molecule has 8 nitrogen and oxygen atoms in total. The molecule has 0 spiro atoms. The van der Waals surface area contributed by atoms with Crippen LogP contribution in [0.1, 0.15) is 18.7 Å². The number of β-amino-alcohol motifs (C(OH)–C–C–N with tert-alkyl or cyclic N) is 1. The first-order valence-corrected chi connectivity index (χ1v) is 12.3. The van der Waals surface area contributed by atoms with E-state index in [1.54, 1.807) is 28.2 Å². The molecule has 33 heavy (non-hydrogen) atoms. The van der Waals surface area contributed by atoms with Gasteiger partial charge in [0.05, 0.1) is 18.2 Å². The van der Waals surface area contributed by atoms with Crippen molar-refractivity contribution in [2.24, 2.45) is 7.05 Å². The highest BCUT2D eigenvalue weighted by atomic mass is 32.1. The maximum absolute atomic E-state index is 9.12. The molecule has 0 bridgehead atoms. The zero-order chi connectivity index (χ0) is 24.1. The second-order valence-corrected chi connectivity index (χ2v) is 8.19. The van der Waals surface area contributed by atoms with Gasteiger partial charge in [0.15, 0.2) is 5.65 Å². The third-order valence-electron chi connectivity index (χ3n) is 5.06. The molecule has 0 saturated carbocycles. The second kappa shape index (κ2) is 14.4.